The highest BCUT2D eigenvalue weighted by Gasteiger charge is 2.24. The van der Waals surface area contributed by atoms with Crippen molar-refractivity contribution in [2.45, 2.75) is 32.0 Å². The van der Waals surface area contributed by atoms with Crippen molar-refractivity contribution in [2.24, 2.45) is 0 Å². The third-order valence-corrected chi connectivity index (χ3v) is 7.20. The van der Waals surface area contributed by atoms with Crippen LogP contribution < -0.4 is 20.5 Å². The quantitative estimate of drug-likeness (QED) is 0.276. The molecular weight excluding hydrogens is 577 g/mol. The van der Waals surface area contributed by atoms with Crippen LogP contribution in [0.15, 0.2) is 59.1 Å². The lowest BCUT2D eigenvalue weighted by atomic mass is 10.0. The predicted molar refractivity (Wildman–Crippen MR) is 149 cm³/mol. The number of carbonyl (C=O) groups is 1. The van der Waals surface area contributed by atoms with Crippen molar-refractivity contribution < 1.29 is 23.8 Å². The number of para-hydroxylation sites is 1. The summed E-state index contributed by atoms with van der Waals surface area (Å²) in [5.74, 6) is 0.405. The van der Waals surface area contributed by atoms with Gasteiger partial charge in [0.1, 0.15) is 30.5 Å². The highest BCUT2D eigenvalue weighted by molar-refractivity contribution is 9.10. The van der Waals surface area contributed by atoms with E-state index in [-0.39, 0.29) is 53.9 Å². The fourth-order valence-corrected chi connectivity index (χ4v) is 4.83. The minimum atomic E-state index is -0.311. The monoisotopic (exact) mass is 605 g/mol. The second kappa shape index (κ2) is 13.3. The molecule has 3 aromatic carbocycles. The number of aliphatic hydroxyl groups excluding tert-OH is 1. The number of hydrogen-bond acceptors (Lipinski definition) is 6. The van der Waals surface area contributed by atoms with Crippen LogP contribution >= 0.6 is 27.5 Å². The molecule has 1 heterocycles. The van der Waals surface area contributed by atoms with Crippen LogP contribution in [-0.4, -0.2) is 48.3 Å². The third kappa shape index (κ3) is 7.38. The summed E-state index contributed by atoms with van der Waals surface area (Å²) in [7, 11) is 0. The topological polar surface area (TPSA) is 97.1 Å². The first-order chi connectivity index (χ1) is 18.3. The lowest BCUT2D eigenvalue weighted by molar-refractivity contribution is 0.0903. The molecule has 0 saturated carbocycles. The van der Waals surface area contributed by atoms with E-state index in [0.717, 1.165) is 37.2 Å². The molecule has 0 aliphatic carbocycles. The number of halogens is 3. The summed E-state index contributed by atoms with van der Waals surface area (Å²) in [4.78, 5) is 15.3. The van der Waals surface area contributed by atoms with Gasteiger partial charge in [0.2, 0.25) is 0 Å². The molecular formula is C28H30BrClFN3O4. The highest BCUT2D eigenvalue weighted by atomic mass is 79.9. The molecule has 0 radical (unpaired) electrons. The largest absolute Gasteiger partial charge is 0.490 e. The van der Waals surface area contributed by atoms with Gasteiger partial charge in [-0.25, -0.2) is 4.39 Å². The zero-order chi connectivity index (χ0) is 27.1. The number of amides is 1. The van der Waals surface area contributed by atoms with E-state index in [1.54, 1.807) is 12.1 Å². The molecule has 1 fully saturated rings. The molecule has 3 aromatic rings. The van der Waals surface area contributed by atoms with Crippen LogP contribution in [0.25, 0.3) is 0 Å². The van der Waals surface area contributed by atoms with E-state index in [1.807, 2.05) is 24.3 Å². The zero-order valence-electron chi connectivity index (χ0n) is 20.8. The Kier molecular flexibility index (Phi) is 9.85. The van der Waals surface area contributed by atoms with Gasteiger partial charge in [-0.15, -0.1) is 0 Å². The Balaban J connectivity index is 1.32. The normalized spacial score (nSPS) is 14.3. The molecule has 1 aliphatic heterocycles. The first-order valence-corrected chi connectivity index (χ1v) is 13.5. The van der Waals surface area contributed by atoms with E-state index in [1.165, 1.54) is 18.2 Å². The molecule has 0 atom stereocenters. The number of benzene rings is 3. The Labute approximate surface area is 234 Å². The second-order valence-corrected chi connectivity index (χ2v) is 10.4. The molecule has 7 nitrogen and oxygen atoms in total. The standard InChI is InChI=1S/C28H30BrClFN3O4/c29-20-6-5-19(24(31)13-20)17-38-26-4-2-1-3-18(26)16-34-9-7-21(8-10-34)33-28(36)22-14-23(30)25(32)15-27(22)37-12-11-35/h1-6,13-15,21,35H,7-12,16-17,32H2,(H,33,36). The van der Waals surface area contributed by atoms with Crippen molar-refractivity contribution in [3.8, 4) is 11.5 Å². The molecule has 0 unspecified atom stereocenters. The van der Waals surface area contributed by atoms with E-state index in [0.29, 0.717) is 22.3 Å². The van der Waals surface area contributed by atoms with Crippen LogP contribution in [0.1, 0.15) is 34.3 Å². The Morgan fingerprint density at radius 2 is 1.87 bits per heavy atom. The fraction of sp³-hybridized carbons (Fsp3) is 0.321. The molecule has 0 aromatic heterocycles. The molecule has 1 amide bonds. The van der Waals surface area contributed by atoms with Crippen molar-refractivity contribution in [1.29, 1.82) is 0 Å². The van der Waals surface area contributed by atoms with Crippen LogP contribution in [0.2, 0.25) is 5.02 Å². The van der Waals surface area contributed by atoms with Crippen molar-refractivity contribution in [1.82, 2.24) is 10.2 Å². The maximum absolute atomic E-state index is 14.2. The number of aliphatic hydroxyl groups is 1. The number of hydrogen-bond donors (Lipinski definition) is 3. The van der Waals surface area contributed by atoms with Gasteiger partial charge >= 0.3 is 0 Å². The number of ether oxygens (including phenoxy) is 2. The second-order valence-electron chi connectivity index (χ2n) is 9.10. The molecule has 10 heteroatoms. The minimum Gasteiger partial charge on any atom is -0.490 e. The van der Waals surface area contributed by atoms with Gasteiger partial charge in [-0.1, -0.05) is 51.8 Å². The van der Waals surface area contributed by atoms with Crippen molar-refractivity contribution in [2.75, 3.05) is 32.0 Å². The molecule has 4 N–H and O–H groups in total. The van der Waals surface area contributed by atoms with E-state index in [4.69, 9.17) is 31.9 Å². The van der Waals surface area contributed by atoms with Crippen LogP contribution in [0.4, 0.5) is 10.1 Å². The molecule has 1 saturated heterocycles. The summed E-state index contributed by atoms with van der Waals surface area (Å²) in [5, 5.41) is 12.4. The van der Waals surface area contributed by atoms with Gasteiger partial charge in [0, 0.05) is 47.3 Å². The molecule has 1 aliphatic rings. The minimum absolute atomic E-state index is 0.00681. The van der Waals surface area contributed by atoms with E-state index in [9.17, 15) is 9.18 Å². The first-order valence-electron chi connectivity index (χ1n) is 12.3. The smallest absolute Gasteiger partial charge is 0.255 e. The molecule has 0 spiro atoms. The summed E-state index contributed by atoms with van der Waals surface area (Å²) in [6.07, 6.45) is 1.54. The summed E-state index contributed by atoms with van der Waals surface area (Å²) in [6.45, 7) is 2.27. The van der Waals surface area contributed by atoms with E-state index < -0.39 is 0 Å². The molecule has 38 heavy (non-hydrogen) atoms. The average molecular weight is 607 g/mol. The number of likely N-dealkylation sites (tertiary alicyclic amines) is 1. The maximum Gasteiger partial charge on any atom is 0.255 e. The van der Waals surface area contributed by atoms with Crippen LogP contribution in [0.3, 0.4) is 0 Å². The van der Waals surface area contributed by atoms with Gasteiger partial charge in [0.25, 0.3) is 5.91 Å². The molecule has 0 bridgehead atoms. The number of nitrogens with zero attached hydrogens (tertiary/aromatic N) is 1. The number of nitrogen functional groups attached to an aromatic ring is 1. The van der Waals surface area contributed by atoms with Gasteiger partial charge in [0.15, 0.2) is 0 Å². The fourth-order valence-electron chi connectivity index (χ4n) is 4.33. The number of nitrogens with one attached hydrogen (secondary N) is 1. The lowest BCUT2D eigenvalue weighted by Crippen LogP contribution is -2.44. The van der Waals surface area contributed by atoms with Crippen molar-refractivity contribution in [3.05, 3.63) is 86.6 Å². The van der Waals surface area contributed by atoms with Crippen molar-refractivity contribution in [3.63, 3.8) is 0 Å². The SMILES string of the molecule is Nc1cc(OCCO)c(C(=O)NC2CCN(Cc3ccccc3OCc3ccc(Br)cc3F)CC2)cc1Cl. The number of anilines is 1. The summed E-state index contributed by atoms with van der Waals surface area (Å²) >= 11 is 9.41. The average Bonchev–Trinajstić information content (AvgIpc) is 2.90. The molecule has 4 rings (SSSR count). The van der Waals surface area contributed by atoms with Gasteiger partial charge < -0.3 is 25.6 Å². The number of nitrogens with two attached hydrogens (primary N) is 1. The molecule has 202 valence electrons. The van der Waals surface area contributed by atoms with E-state index >= 15 is 0 Å². The highest BCUT2D eigenvalue weighted by Crippen LogP contribution is 2.30. The van der Waals surface area contributed by atoms with Gasteiger partial charge in [-0.2, -0.15) is 0 Å². The van der Waals surface area contributed by atoms with Crippen molar-refractivity contribution >= 4 is 39.1 Å². The Bertz CT molecular complexity index is 1270. The Morgan fingerprint density at radius 3 is 2.61 bits per heavy atom. The van der Waals surface area contributed by atoms with Gasteiger partial charge in [0.05, 0.1) is 22.9 Å². The summed E-state index contributed by atoms with van der Waals surface area (Å²) in [6, 6.07) is 15.7. The number of rotatable bonds is 10. The van der Waals surface area contributed by atoms with Gasteiger partial charge in [-0.05, 0) is 37.1 Å². The van der Waals surface area contributed by atoms with Crippen LogP contribution in [0.5, 0.6) is 11.5 Å². The maximum atomic E-state index is 14.2. The number of carbonyl (C=O) groups excluding carboxylic acids is 1. The van der Waals surface area contributed by atoms with Crippen LogP contribution in [-0.2, 0) is 13.2 Å². The van der Waals surface area contributed by atoms with E-state index in [2.05, 4.69) is 26.1 Å². The number of piperidine rings is 1. The lowest BCUT2D eigenvalue weighted by Gasteiger charge is -2.32. The first kappa shape index (κ1) is 28.2. The van der Waals surface area contributed by atoms with Crippen LogP contribution in [0, 0.1) is 5.82 Å². The zero-order valence-corrected chi connectivity index (χ0v) is 23.1. The Hall–Kier alpha value is -2.85. The predicted octanol–water partition coefficient (Wildman–Crippen LogP) is 5.17. The summed E-state index contributed by atoms with van der Waals surface area (Å²) in [5.41, 5.74) is 7.96. The third-order valence-electron chi connectivity index (χ3n) is 6.38. The van der Waals surface area contributed by atoms with Gasteiger partial charge in [-0.3, -0.25) is 9.69 Å². The Morgan fingerprint density at radius 1 is 1.11 bits per heavy atom. The summed E-state index contributed by atoms with van der Waals surface area (Å²) < 4.78 is 26.4.